The molecule has 6 heteroatoms. The highest BCUT2D eigenvalue weighted by Crippen LogP contribution is 2.44. The maximum absolute atomic E-state index is 13.0. The summed E-state index contributed by atoms with van der Waals surface area (Å²) in [6.45, 7) is 6.80. The van der Waals surface area contributed by atoms with Crippen molar-refractivity contribution in [3.63, 3.8) is 0 Å². The van der Waals surface area contributed by atoms with Gasteiger partial charge in [-0.05, 0) is 64.8 Å². The number of amides is 1. The minimum atomic E-state index is -0.808. The van der Waals surface area contributed by atoms with Crippen molar-refractivity contribution in [2.45, 2.75) is 52.4 Å². The van der Waals surface area contributed by atoms with Gasteiger partial charge in [-0.25, -0.2) is 9.59 Å². The summed E-state index contributed by atoms with van der Waals surface area (Å²) < 4.78 is 17.1. The van der Waals surface area contributed by atoms with E-state index in [0.29, 0.717) is 13.0 Å². The molecule has 1 aliphatic rings. The molecule has 0 bridgehead atoms. The van der Waals surface area contributed by atoms with Gasteiger partial charge in [0, 0.05) is 5.92 Å². The number of esters is 1. The second-order valence-electron chi connectivity index (χ2n) is 11.2. The van der Waals surface area contributed by atoms with Crippen LogP contribution in [0.25, 0.3) is 11.1 Å². The van der Waals surface area contributed by atoms with Crippen molar-refractivity contribution < 1.29 is 23.8 Å². The number of rotatable bonds is 11. The number of alkyl carbamates (subject to hydrolysis) is 1. The van der Waals surface area contributed by atoms with Crippen LogP contribution in [0.15, 0.2) is 97.1 Å². The largest absolute Gasteiger partial charge is 0.489 e. The molecule has 0 heterocycles. The quantitative estimate of drug-likeness (QED) is 0.191. The smallest absolute Gasteiger partial charge is 0.407 e. The number of nitrogens with one attached hydrogen (secondary N) is 1. The Bertz CT molecular complexity index is 1470. The van der Waals surface area contributed by atoms with Gasteiger partial charge in [0.2, 0.25) is 0 Å². The van der Waals surface area contributed by atoms with Gasteiger partial charge in [-0.15, -0.1) is 0 Å². The number of carbonyl (C=O) groups excluding carboxylic acids is 2. The zero-order valence-corrected chi connectivity index (χ0v) is 24.3. The van der Waals surface area contributed by atoms with E-state index in [9.17, 15) is 9.59 Å². The molecule has 1 atom stereocenters. The molecule has 0 fully saturated rings. The lowest BCUT2D eigenvalue weighted by molar-refractivity contribution is -0.147. The standard InChI is InChI=1S/C36H37NO5/c1-24(2)20-34(35(38)41-22-27-16-18-28(19-17-27)40-21-26-14-12-25(3)13-15-26)37-36(39)42-23-33-31-10-6-4-8-29(31)30-9-5-7-11-32(30)33/h4-19,24,33-34H,20-23H2,1-3H3,(H,37,39)/t34-/m1/s1. The van der Waals surface area contributed by atoms with Gasteiger partial charge in [-0.1, -0.05) is 104 Å². The molecule has 4 aromatic carbocycles. The maximum Gasteiger partial charge on any atom is 0.407 e. The molecule has 1 amide bonds. The van der Waals surface area contributed by atoms with Crippen LogP contribution in [-0.2, 0) is 27.5 Å². The molecule has 0 saturated carbocycles. The van der Waals surface area contributed by atoms with E-state index in [0.717, 1.165) is 39.1 Å². The zero-order chi connectivity index (χ0) is 29.5. The molecule has 0 aromatic heterocycles. The minimum Gasteiger partial charge on any atom is -0.489 e. The van der Waals surface area contributed by atoms with Crippen LogP contribution in [0.1, 0.15) is 54.0 Å². The van der Waals surface area contributed by atoms with Gasteiger partial charge in [0.05, 0.1) is 0 Å². The Hall–Kier alpha value is -4.58. The van der Waals surface area contributed by atoms with Gasteiger partial charge in [-0.2, -0.15) is 0 Å². The van der Waals surface area contributed by atoms with E-state index in [1.807, 2.05) is 74.5 Å². The molecule has 42 heavy (non-hydrogen) atoms. The Morgan fingerprint density at radius 3 is 1.93 bits per heavy atom. The molecule has 0 saturated heterocycles. The SMILES string of the molecule is Cc1ccc(COc2ccc(COC(=O)[C@@H](CC(C)C)NC(=O)OCC3c4ccccc4-c4ccccc43)cc2)cc1. The van der Waals surface area contributed by atoms with Crippen LogP contribution in [0.5, 0.6) is 5.75 Å². The third kappa shape index (κ3) is 7.19. The molecule has 0 aliphatic heterocycles. The zero-order valence-electron chi connectivity index (χ0n) is 24.3. The van der Waals surface area contributed by atoms with E-state index in [2.05, 4.69) is 48.6 Å². The Balaban J connectivity index is 1.13. The number of benzene rings is 4. The third-order valence-electron chi connectivity index (χ3n) is 7.46. The second kappa shape index (κ2) is 13.4. The Morgan fingerprint density at radius 1 is 0.738 bits per heavy atom. The lowest BCUT2D eigenvalue weighted by atomic mass is 9.98. The first-order valence-corrected chi connectivity index (χ1v) is 14.4. The van der Waals surface area contributed by atoms with Gasteiger partial charge < -0.3 is 19.5 Å². The molecular formula is C36H37NO5. The minimum absolute atomic E-state index is 0.0532. The summed E-state index contributed by atoms with van der Waals surface area (Å²) in [6, 6.07) is 31.2. The molecular weight excluding hydrogens is 526 g/mol. The molecule has 1 aliphatic carbocycles. The van der Waals surface area contributed by atoms with Crippen molar-refractivity contribution in [2.75, 3.05) is 6.61 Å². The highest BCUT2D eigenvalue weighted by Gasteiger charge is 2.30. The van der Waals surface area contributed by atoms with Crippen LogP contribution < -0.4 is 10.1 Å². The second-order valence-corrected chi connectivity index (χ2v) is 11.2. The summed E-state index contributed by atoms with van der Waals surface area (Å²) in [5.41, 5.74) is 7.73. The van der Waals surface area contributed by atoms with E-state index >= 15 is 0 Å². The number of hydrogen-bond donors (Lipinski definition) is 1. The first kappa shape index (κ1) is 28.9. The molecule has 0 unspecified atom stereocenters. The fraction of sp³-hybridized carbons (Fsp3) is 0.278. The first-order valence-electron chi connectivity index (χ1n) is 14.4. The number of carbonyl (C=O) groups is 2. The summed E-state index contributed by atoms with van der Waals surface area (Å²) in [6.07, 6.45) is -0.191. The van der Waals surface area contributed by atoms with Crippen molar-refractivity contribution in [3.8, 4) is 16.9 Å². The first-order chi connectivity index (χ1) is 20.4. The highest BCUT2D eigenvalue weighted by molar-refractivity contribution is 5.82. The Labute approximate surface area is 247 Å². The number of fused-ring (bicyclic) bond motifs is 3. The number of aryl methyl sites for hydroxylation is 1. The maximum atomic E-state index is 13.0. The van der Waals surface area contributed by atoms with Crippen LogP contribution in [-0.4, -0.2) is 24.7 Å². The lowest BCUT2D eigenvalue weighted by Crippen LogP contribution is -2.43. The number of ether oxygens (including phenoxy) is 3. The molecule has 0 radical (unpaired) electrons. The Morgan fingerprint density at radius 2 is 1.31 bits per heavy atom. The van der Waals surface area contributed by atoms with Crippen LogP contribution in [0.4, 0.5) is 4.79 Å². The predicted molar refractivity (Wildman–Crippen MR) is 163 cm³/mol. The summed E-state index contributed by atoms with van der Waals surface area (Å²) in [5, 5.41) is 2.75. The monoisotopic (exact) mass is 563 g/mol. The Kier molecular flexibility index (Phi) is 9.22. The van der Waals surface area contributed by atoms with Crippen molar-refractivity contribution >= 4 is 12.1 Å². The van der Waals surface area contributed by atoms with Crippen molar-refractivity contribution in [1.29, 1.82) is 0 Å². The topological polar surface area (TPSA) is 73.9 Å². The normalized spacial score (nSPS) is 12.8. The van der Waals surface area contributed by atoms with Crippen LogP contribution in [0, 0.1) is 12.8 Å². The summed E-state index contributed by atoms with van der Waals surface area (Å²) in [5.74, 6) is 0.362. The van der Waals surface area contributed by atoms with Crippen molar-refractivity contribution in [2.24, 2.45) is 5.92 Å². The fourth-order valence-corrected chi connectivity index (χ4v) is 5.26. The van der Waals surface area contributed by atoms with Crippen LogP contribution >= 0.6 is 0 Å². The predicted octanol–water partition coefficient (Wildman–Crippen LogP) is 7.57. The summed E-state index contributed by atoms with van der Waals surface area (Å²) >= 11 is 0. The van der Waals surface area contributed by atoms with Gasteiger partial charge in [0.15, 0.2) is 0 Å². The van der Waals surface area contributed by atoms with Crippen molar-refractivity contribution in [3.05, 3.63) is 125 Å². The molecule has 0 spiro atoms. The van der Waals surface area contributed by atoms with E-state index in [4.69, 9.17) is 14.2 Å². The molecule has 6 nitrogen and oxygen atoms in total. The van der Waals surface area contributed by atoms with Crippen LogP contribution in [0.2, 0.25) is 0 Å². The highest BCUT2D eigenvalue weighted by atomic mass is 16.6. The van der Waals surface area contributed by atoms with Crippen LogP contribution in [0.3, 0.4) is 0 Å². The van der Waals surface area contributed by atoms with E-state index < -0.39 is 18.1 Å². The van der Waals surface area contributed by atoms with Gasteiger partial charge in [0.25, 0.3) is 0 Å². The van der Waals surface area contributed by atoms with Gasteiger partial charge >= 0.3 is 12.1 Å². The van der Waals surface area contributed by atoms with Gasteiger partial charge in [-0.3, -0.25) is 0 Å². The van der Waals surface area contributed by atoms with Gasteiger partial charge in [0.1, 0.15) is 31.6 Å². The summed E-state index contributed by atoms with van der Waals surface area (Å²) in [4.78, 5) is 25.9. The molecule has 1 N–H and O–H groups in total. The fourth-order valence-electron chi connectivity index (χ4n) is 5.26. The average molecular weight is 564 g/mol. The molecule has 4 aromatic rings. The van der Waals surface area contributed by atoms with Crippen molar-refractivity contribution in [1.82, 2.24) is 5.32 Å². The van der Waals surface area contributed by atoms with E-state index in [1.54, 1.807) is 0 Å². The number of hydrogen-bond acceptors (Lipinski definition) is 5. The average Bonchev–Trinajstić information content (AvgIpc) is 3.32. The third-order valence-corrected chi connectivity index (χ3v) is 7.46. The lowest BCUT2D eigenvalue weighted by Gasteiger charge is -2.20. The molecule has 5 rings (SSSR count). The summed E-state index contributed by atoms with van der Waals surface area (Å²) in [7, 11) is 0. The van der Waals surface area contributed by atoms with E-state index in [1.165, 1.54) is 5.56 Å². The molecule has 216 valence electrons. The van der Waals surface area contributed by atoms with E-state index in [-0.39, 0.29) is 25.0 Å².